The summed E-state index contributed by atoms with van der Waals surface area (Å²) in [4.78, 5) is 7.07. The third kappa shape index (κ3) is 4.53. The van der Waals surface area contributed by atoms with Crippen molar-refractivity contribution in [1.29, 1.82) is 0 Å². The van der Waals surface area contributed by atoms with Crippen LogP contribution in [0.25, 0.3) is 0 Å². The molecule has 2 aliphatic rings. The molecule has 1 aliphatic carbocycles. The molecule has 0 amide bonds. The fourth-order valence-corrected chi connectivity index (χ4v) is 3.12. The van der Waals surface area contributed by atoms with E-state index in [0.29, 0.717) is 6.61 Å². The number of nitrogens with one attached hydrogen (secondary N) is 1. The third-order valence-electron chi connectivity index (χ3n) is 3.72. The highest BCUT2D eigenvalue weighted by Crippen LogP contribution is 2.20. The van der Waals surface area contributed by atoms with Gasteiger partial charge in [0.05, 0.1) is 18.9 Å². The number of rotatable bonds is 8. The predicted molar refractivity (Wildman–Crippen MR) is 77.3 cm³/mol. The lowest BCUT2D eigenvalue weighted by molar-refractivity contribution is 0.0973. The predicted octanol–water partition coefficient (Wildman–Crippen LogP) is 2.01. The van der Waals surface area contributed by atoms with Crippen molar-refractivity contribution < 1.29 is 4.74 Å². The van der Waals surface area contributed by atoms with E-state index in [9.17, 15) is 0 Å². The Balaban J connectivity index is 1.30. The van der Waals surface area contributed by atoms with E-state index in [4.69, 9.17) is 4.74 Å². The Morgan fingerprint density at radius 1 is 1.37 bits per heavy atom. The lowest BCUT2D eigenvalue weighted by atomic mass is 10.4. The molecule has 1 saturated heterocycles. The Morgan fingerprint density at radius 2 is 2.21 bits per heavy atom. The molecule has 0 atom stereocenters. The van der Waals surface area contributed by atoms with Gasteiger partial charge in [0.2, 0.25) is 0 Å². The second kappa shape index (κ2) is 6.79. The minimum Gasteiger partial charge on any atom is -0.374 e. The van der Waals surface area contributed by atoms with Crippen LogP contribution in [0.3, 0.4) is 0 Å². The highest BCUT2D eigenvalue weighted by Gasteiger charge is 2.20. The van der Waals surface area contributed by atoms with Gasteiger partial charge in [-0.1, -0.05) is 0 Å². The van der Waals surface area contributed by atoms with Crippen molar-refractivity contribution in [3.05, 3.63) is 16.1 Å². The van der Waals surface area contributed by atoms with Crippen molar-refractivity contribution in [2.24, 2.45) is 0 Å². The first-order valence-electron chi connectivity index (χ1n) is 7.37. The summed E-state index contributed by atoms with van der Waals surface area (Å²) in [5, 5.41) is 6.80. The largest absolute Gasteiger partial charge is 0.374 e. The average molecular weight is 281 g/mol. The zero-order valence-corrected chi connectivity index (χ0v) is 12.3. The third-order valence-corrected chi connectivity index (χ3v) is 4.62. The van der Waals surface area contributed by atoms with Crippen molar-refractivity contribution in [1.82, 2.24) is 15.2 Å². The monoisotopic (exact) mass is 281 g/mol. The molecule has 2 heterocycles. The fraction of sp³-hybridized carbons (Fsp3) is 0.786. The van der Waals surface area contributed by atoms with Gasteiger partial charge in [0, 0.05) is 24.5 Å². The summed E-state index contributed by atoms with van der Waals surface area (Å²) >= 11 is 1.74. The van der Waals surface area contributed by atoms with Gasteiger partial charge in [0.15, 0.2) is 0 Å². The SMILES string of the molecule is c1sc(CNC2CC2)nc1COCCN1CCCC1. The molecule has 1 aliphatic heterocycles. The number of nitrogens with zero attached hydrogens (tertiary/aromatic N) is 2. The van der Waals surface area contributed by atoms with Crippen LogP contribution in [0.15, 0.2) is 5.38 Å². The molecule has 19 heavy (non-hydrogen) atoms. The molecule has 1 N–H and O–H groups in total. The second-order valence-corrected chi connectivity index (χ2v) is 6.43. The van der Waals surface area contributed by atoms with Gasteiger partial charge in [-0.3, -0.25) is 0 Å². The average Bonchev–Trinajstić information content (AvgIpc) is 2.91. The first-order chi connectivity index (χ1) is 9.40. The molecule has 4 nitrogen and oxygen atoms in total. The van der Waals surface area contributed by atoms with Gasteiger partial charge in [0.1, 0.15) is 5.01 Å². The van der Waals surface area contributed by atoms with Gasteiger partial charge in [-0.15, -0.1) is 11.3 Å². The van der Waals surface area contributed by atoms with E-state index in [1.54, 1.807) is 11.3 Å². The van der Waals surface area contributed by atoms with E-state index >= 15 is 0 Å². The van der Waals surface area contributed by atoms with E-state index in [1.807, 2.05) is 0 Å². The maximum atomic E-state index is 5.71. The quantitative estimate of drug-likeness (QED) is 0.740. The Bertz CT molecular complexity index is 386. The number of likely N-dealkylation sites (tertiary alicyclic amines) is 1. The molecule has 0 bridgehead atoms. The molecule has 1 saturated carbocycles. The maximum Gasteiger partial charge on any atom is 0.107 e. The molecular formula is C14H23N3OS. The highest BCUT2D eigenvalue weighted by molar-refractivity contribution is 7.09. The van der Waals surface area contributed by atoms with Crippen LogP contribution in [-0.4, -0.2) is 42.2 Å². The molecule has 0 spiro atoms. The molecular weight excluding hydrogens is 258 g/mol. The number of thiazole rings is 1. The van der Waals surface area contributed by atoms with Crippen LogP contribution in [-0.2, 0) is 17.9 Å². The second-order valence-electron chi connectivity index (χ2n) is 5.49. The Kier molecular flexibility index (Phi) is 4.82. The minimum atomic E-state index is 0.660. The fourth-order valence-electron chi connectivity index (χ4n) is 2.39. The van der Waals surface area contributed by atoms with E-state index in [-0.39, 0.29) is 0 Å². The summed E-state index contributed by atoms with van der Waals surface area (Å²) < 4.78 is 5.71. The summed E-state index contributed by atoms with van der Waals surface area (Å²) in [6, 6.07) is 0.754. The Hall–Kier alpha value is -0.490. The van der Waals surface area contributed by atoms with Crippen molar-refractivity contribution >= 4 is 11.3 Å². The minimum absolute atomic E-state index is 0.660. The lowest BCUT2D eigenvalue weighted by Gasteiger charge is -2.13. The van der Waals surface area contributed by atoms with Crippen LogP contribution in [0.5, 0.6) is 0 Å². The normalized spacial score (nSPS) is 20.2. The van der Waals surface area contributed by atoms with Crippen LogP contribution in [0.4, 0.5) is 0 Å². The molecule has 1 aromatic rings. The van der Waals surface area contributed by atoms with Gasteiger partial charge in [0.25, 0.3) is 0 Å². The van der Waals surface area contributed by atoms with Crippen molar-refractivity contribution in [2.75, 3.05) is 26.2 Å². The number of hydrogen-bond acceptors (Lipinski definition) is 5. The number of aromatic nitrogens is 1. The zero-order chi connectivity index (χ0) is 12.9. The zero-order valence-electron chi connectivity index (χ0n) is 11.4. The molecule has 1 aromatic heterocycles. The van der Waals surface area contributed by atoms with E-state index < -0.39 is 0 Å². The number of ether oxygens (including phenoxy) is 1. The van der Waals surface area contributed by atoms with Crippen LogP contribution in [0, 0.1) is 0 Å². The molecule has 106 valence electrons. The van der Waals surface area contributed by atoms with Crippen LogP contribution >= 0.6 is 11.3 Å². The molecule has 0 aromatic carbocycles. The molecule has 0 unspecified atom stereocenters. The van der Waals surface area contributed by atoms with Gasteiger partial charge in [-0.25, -0.2) is 4.98 Å². The molecule has 5 heteroatoms. The Labute approximate surface area is 119 Å². The molecule has 2 fully saturated rings. The smallest absolute Gasteiger partial charge is 0.107 e. The number of hydrogen-bond donors (Lipinski definition) is 1. The summed E-state index contributed by atoms with van der Waals surface area (Å²) in [5.74, 6) is 0. The lowest BCUT2D eigenvalue weighted by Crippen LogP contribution is -2.23. The van der Waals surface area contributed by atoms with Crippen molar-refractivity contribution in [3.8, 4) is 0 Å². The van der Waals surface area contributed by atoms with Crippen LogP contribution < -0.4 is 5.32 Å². The molecule has 3 rings (SSSR count). The Morgan fingerprint density at radius 3 is 3.00 bits per heavy atom. The van der Waals surface area contributed by atoms with Gasteiger partial charge >= 0.3 is 0 Å². The van der Waals surface area contributed by atoms with Crippen molar-refractivity contribution in [2.45, 2.75) is 44.9 Å². The van der Waals surface area contributed by atoms with E-state index in [0.717, 1.165) is 31.4 Å². The van der Waals surface area contributed by atoms with Crippen LogP contribution in [0.2, 0.25) is 0 Å². The summed E-state index contributed by atoms with van der Waals surface area (Å²) in [7, 11) is 0. The summed E-state index contributed by atoms with van der Waals surface area (Å²) in [6.45, 7) is 5.97. The van der Waals surface area contributed by atoms with Gasteiger partial charge in [-0.05, 0) is 38.8 Å². The van der Waals surface area contributed by atoms with E-state index in [1.165, 1.54) is 43.8 Å². The molecule has 0 radical (unpaired) electrons. The van der Waals surface area contributed by atoms with Crippen LogP contribution in [0.1, 0.15) is 36.4 Å². The highest BCUT2D eigenvalue weighted by atomic mass is 32.1. The standard InChI is InChI=1S/C14H23N3OS/c1-2-6-17(5-1)7-8-18-10-13-11-19-14(16-13)9-15-12-3-4-12/h11-12,15H,1-10H2. The van der Waals surface area contributed by atoms with Crippen molar-refractivity contribution in [3.63, 3.8) is 0 Å². The first-order valence-corrected chi connectivity index (χ1v) is 8.25. The van der Waals surface area contributed by atoms with E-state index in [2.05, 4.69) is 20.6 Å². The summed E-state index contributed by atoms with van der Waals surface area (Å²) in [6.07, 6.45) is 5.36. The summed E-state index contributed by atoms with van der Waals surface area (Å²) in [5.41, 5.74) is 1.08. The van der Waals surface area contributed by atoms with Gasteiger partial charge < -0.3 is 15.0 Å². The topological polar surface area (TPSA) is 37.4 Å². The first kappa shape index (κ1) is 13.5. The van der Waals surface area contributed by atoms with Gasteiger partial charge in [-0.2, -0.15) is 0 Å². The maximum absolute atomic E-state index is 5.71.